The Hall–Kier alpha value is -2.11. The number of rotatable bonds is 49. The van der Waals surface area contributed by atoms with Gasteiger partial charge < -0.3 is 40.3 Å². The van der Waals surface area contributed by atoms with E-state index in [9.17, 15) is 30.3 Å². The molecule has 69 heavy (non-hydrogen) atoms. The zero-order valence-electron chi connectivity index (χ0n) is 44.6. The van der Waals surface area contributed by atoms with Crippen LogP contribution < -0.4 is 5.32 Å². The third-order valence-electron chi connectivity index (χ3n) is 13.6. The highest BCUT2D eigenvalue weighted by Gasteiger charge is 2.44. The molecule has 6 N–H and O–H groups in total. The lowest BCUT2D eigenvalue weighted by Gasteiger charge is -2.40. The van der Waals surface area contributed by atoms with Gasteiger partial charge in [-0.1, -0.05) is 254 Å². The van der Waals surface area contributed by atoms with E-state index in [1.807, 2.05) is 6.08 Å². The summed E-state index contributed by atoms with van der Waals surface area (Å²) in [7, 11) is 0. The first kappa shape index (κ1) is 64.9. The first-order valence-corrected chi connectivity index (χ1v) is 29.0. The lowest BCUT2D eigenvalue weighted by molar-refractivity contribution is -0.302. The summed E-state index contributed by atoms with van der Waals surface area (Å²) in [5, 5.41) is 54.6. The molecule has 1 heterocycles. The van der Waals surface area contributed by atoms with Crippen molar-refractivity contribution in [3.05, 3.63) is 60.8 Å². The lowest BCUT2D eigenvalue weighted by Crippen LogP contribution is -2.60. The van der Waals surface area contributed by atoms with Crippen molar-refractivity contribution in [2.24, 2.45) is 0 Å². The largest absolute Gasteiger partial charge is 0.394 e. The van der Waals surface area contributed by atoms with Crippen molar-refractivity contribution in [1.82, 2.24) is 5.32 Å². The molecule has 7 unspecified atom stereocenters. The first-order chi connectivity index (χ1) is 33.8. The Kier molecular flexibility index (Phi) is 46.5. The van der Waals surface area contributed by atoms with Crippen LogP contribution in [0, 0.1) is 0 Å². The molecule has 1 amide bonds. The molecule has 9 heteroatoms. The number of unbranched alkanes of at least 4 members (excludes halogenated alkanes) is 31. The molecule has 1 saturated heterocycles. The molecule has 0 saturated carbocycles. The number of hydrogen-bond donors (Lipinski definition) is 6. The highest BCUT2D eigenvalue weighted by molar-refractivity contribution is 5.76. The first-order valence-electron chi connectivity index (χ1n) is 29.0. The Morgan fingerprint density at radius 3 is 1.33 bits per heavy atom. The summed E-state index contributed by atoms with van der Waals surface area (Å²) in [6.07, 6.45) is 59.9. The summed E-state index contributed by atoms with van der Waals surface area (Å²) in [5.74, 6) is -0.181. The summed E-state index contributed by atoms with van der Waals surface area (Å²) >= 11 is 0. The molecule has 0 aliphatic carbocycles. The molecule has 0 radical (unpaired) electrons. The van der Waals surface area contributed by atoms with Crippen molar-refractivity contribution in [2.75, 3.05) is 13.2 Å². The van der Waals surface area contributed by atoms with Gasteiger partial charge in [-0.05, 0) is 57.8 Å². The zero-order chi connectivity index (χ0) is 50.1. The Morgan fingerprint density at radius 2 is 0.899 bits per heavy atom. The van der Waals surface area contributed by atoms with E-state index >= 15 is 0 Å². The van der Waals surface area contributed by atoms with Crippen LogP contribution in [0.4, 0.5) is 0 Å². The van der Waals surface area contributed by atoms with Crippen molar-refractivity contribution in [3.8, 4) is 0 Å². The van der Waals surface area contributed by atoms with Gasteiger partial charge in [0.25, 0.3) is 0 Å². The maximum Gasteiger partial charge on any atom is 0.220 e. The van der Waals surface area contributed by atoms with Crippen molar-refractivity contribution < 1.29 is 39.8 Å². The fraction of sp³-hybridized carbons (Fsp3) is 0.817. The van der Waals surface area contributed by atoms with Crippen molar-refractivity contribution >= 4 is 5.91 Å². The van der Waals surface area contributed by atoms with E-state index in [0.29, 0.717) is 6.42 Å². The number of ether oxygens (including phenoxy) is 2. The van der Waals surface area contributed by atoms with Gasteiger partial charge in [0.1, 0.15) is 24.4 Å². The van der Waals surface area contributed by atoms with Crippen LogP contribution in [0.3, 0.4) is 0 Å². The van der Waals surface area contributed by atoms with Crippen molar-refractivity contribution in [1.29, 1.82) is 0 Å². The van der Waals surface area contributed by atoms with Gasteiger partial charge >= 0.3 is 0 Å². The van der Waals surface area contributed by atoms with Crippen molar-refractivity contribution in [3.63, 3.8) is 0 Å². The van der Waals surface area contributed by atoms with E-state index in [4.69, 9.17) is 9.47 Å². The number of amides is 1. The molecule has 0 aromatic rings. The van der Waals surface area contributed by atoms with E-state index in [0.717, 1.165) is 70.6 Å². The van der Waals surface area contributed by atoms with Crippen LogP contribution in [-0.2, 0) is 14.3 Å². The average molecular weight is 973 g/mol. The molecule has 0 aromatic heterocycles. The van der Waals surface area contributed by atoms with Gasteiger partial charge in [-0.2, -0.15) is 0 Å². The normalized spacial score (nSPS) is 19.9. The fourth-order valence-electron chi connectivity index (χ4n) is 9.03. The van der Waals surface area contributed by atoms with E-state index in [2.05, 4.69) is 67.8 Å². The Labute approximate surface area is 424 Å². The van der Waals surface area contributed by atoms with Gasteiger partial charge in [0.2, 0.25) is 5.91 Å². The van der Waals surface area contributed by atoms with Crippen LogP contribution in [0.1, 0.15) is 258 Å². The van der Waals surface area contributed by atoms with Gasteiger partial charge in [-0.15, -0.1) is 0 Å². The molecule has 0 bridgehead atoms. The minimum absolute atomic E-state index is 0.181. The smallest absolute Gasteiger partial charge is 0.220 e. The quantitative estimate of drug-likeness (QED) is 0.0261. The number of carbonyl (C=O) groups excluding carboxylic acids is 1. The summed E-state index contributed by atoms with van der Waals surface area (Å²) in [4.78, 5) is 13.1. The predicted molar refractivity (Wildman–Crippen MR) is 290 cm³/mol. The van der Waals surface area contributed by atoms with Gasteiger partial charge in [-0.25, -0.2) is 0 Å². The number of aliphatic hydroxyl groups is 5. The minimum Gasteiger partial charge on any atom is -0.394 e. The van der Waals surface area contributed by atoms with Crippen LogP contribution in [0.2, 0.25) is 0 Å². The van der Waals surface area contributed by atoms with E-state index in [-0.39, 0.29) is 12.5 Å². The zero-order valence-corrected chi connectivity index (χ0v) is 44.6. The molecule has 1 rings (SSSR count). The summed E-state index contributed by atoms with van der Waals surface area (Å²) in [5.41, 5.74) is 0. The highest BCUT2D eigenvalue weighted by Crippen LogP contribution is 2.23. The van der Waals surface area contributed by atoms with Gasteiger partial charge in [0.15, 0.2) is 6.29 Å². The number of allylic oxidation sites excluding steroid dienone is 9. The second kappa shape index (κ2) is 49.5. The molecule has 0 aromatic carbocycles. The topological polar surface area (TPSA) is 149 Å². The third-order valence-corrected chi connectivity index (χ3v) is 13.6. The van der Waals surface area contributed by atoms with Crippen LogP contribution >= 0.6 is 0 Å². The van der Waals surface area contributed by atoms with Crippen molar-refractivity contribution in [2.45, 2.75) is 301 Å². The third kappa shape index (κ3) is 39.1. The molecule has 9 nitrogen and oxygen atoms in total. The monoisotopic (exact) mass is 972 g/mol. The highest BCUT2D eigenvalue weighted by atomic mass is 16.7. The molecular weight excluding hydrogens is 863 g/mol. The Morgan fingerprint density at radius 1 is 0.507 bits per heavy atom. The minimum atomic E-state index is -1.57. The fourth-order valence-corrected chi connectivity index (χ4v) is 9.03. The molecule has 1 aliphatic rings. The van der Waals surface area contributed by atoms with Crippen LogP contribution in [0.15, 0.2) is 60.8 Å². The summed E-state index contributed by atoms with van der Waals surface area (Å²) in [6.45, 7) is 3.69. The number of aliphatic hydroxyl groups excluding tert-OH is 5. The van der Waals surface area contributed by atoms with Crippen LogP contribution in [0.5, 0.6) is 0 Å². The summed E-state index contributed by atoms with van der Waals surface area (Å²) in [6, 6.07) is -0.810. The van der Waals surface area contributed by atoms with E-state index in [1.165, 1.54) is 167 Å². The van der Waals surface area contributed by atoms with E-state index in [1.54, 1.807) is 6.08 Å². The van der Waals surface area contributed by atoms with Crippen LogP contribution in [-0.4, -0.2) is 87.5 Å². The second-order valence-corrected chi connectivity index (χ2v) is 20.1. The molecule has 1 fully saturated rings. The maximum absolute atomic E-state index is 13.1. The number of nitrogens with one attached hydrogen (secondary N) is 1. The number of carbonyl (C=O) groups is 1. The molecular formula is C60H109NO8. The molecule has 402 valence electrons. The van der Waals surface area contributed by atoms with Crippen LogP contribution in [0.25, 0.3) is 0 Å². The predicted octanol–water partition coefficient (Wildman–Crippen LogP) is 14.3. The summed E-state index contributed by atoms with van der Waals surface area (Å²) < 4.78 is 11.3. The molecule has 1 aliphatic heterocycles. The average Bonchev–Trinajstić information content (AvgIpc) is 3.35. The standard InChI is InChI=1S/C60H109NO8/c1-3-5-7-9-11-13-15-17-19-21-23-25-27-29-31-33-35-37-39-41-43-45-47-49-54(63)53(52-68-60-59(67)58(66)57(65)55(51-62)69-60)61-56(64)50-48-46-44-42-40-38-36-34-32-30-28-26-24-22-20-18-16-14-12-10-8-6-4-2/h6,8,12,14,18,20,24,26,47,49,53-55,57-60,62-63,65-67H,3-5,7,9-11,13,15-17,19,21-23,25,27-46,48,50-52H2,1-2H3,(H,61,64)/b8-6-,14-12-,20-18-,26-24-,49-47+. The SMILES string of the molecule is CC/C=C\C/C=C\C/C=C\C/C=C\CCCCCCCCCCCCC(=O)NC(COC1OC(CO)C(O)C(O)C1O)C(O)/C=C/CCCCCCCCCCCCCCCCCCCCCCC. The van der Waals surface area contributed by atoms with E-state index < -0.39 is 49.5 Å². The van der Waals surface area contributed by atoms with Gasteiger partial charge in [0, 0.05) is 6.42 Å². The Balaban J connectivity index is 2.24. The number of hydrogen-bond acceptors (Lipinski definition) is 8. The lowest BCUT2D eigenvalue weighted by atomic mass is 9.99. The molecule has 0 spiro atoms. The maximum atomic E-state index is 13.1. The molecule has 7 atom stereocenters. The Bertz CT molecular complexity index is 1270. The van der Waals surface area contributed by atoms with Gasteiger partial charge in [-0.3, -0.25) is 4.79 Å². The van der Waals surface area contributed by atoms with Gasteiger partial charge in [0.05, 0.1) is 25.4 Å². The second-order valence-electron chi connectivity index (χ2n) is 20.1.